The topological polar surface area (TPSA) is 171 Å². The van der Waals surface area contributed by atoms with Gasteiger partial charge in [0.25, 0.3) is 0 Å². The lowest BCUT2D eigenvalue weighted by Gasteiger charge is -2.25. The Kier molecular flexibility index (Phi) is 14.3. The van der Waals surface area contributed by atoms with Crippen LogP contribution in [0.3, 0.4) is 0 Å². The molecule has 12 heteroatoms. The molecule has 0 saturated heterocycles. The average molecular weight is 515 g/mol. The van der Waals surface area contributed by atoms with Gasteiger partial charge in [0.15, 0.2) is 0 Å². The first kappa shape index (κ1) is 29.8. The molecule has 10 nitrogen and oxygen atoms in total. The van der Waals surface area contributed by atoms with Crippen LogP contribution in [0.15, 0.2) is 30.3 Å². The minimum atomic E-state index is -1.18. The molecule has 0 fully saturated rings. The van der Waals surface area contributed by atoms with Crippen molar-refractivity contribution in [1.29, 1.82) is 0 Å². The third kappa shape index (κ3) is 10.8. The van der Waals surface area contributed by atoms with Crippen molar-refractivity contribution in [1.82, 2.24) is 16.0 Å². The van der Waals surface area contributed by atoms with Gasteiger partial charge in [0, 0.05) is 6.42 Å². The van der Waals surface area contributed by atoms with Gasteiger partial charge in [-0.2, -0.15) is 23.5 Å². The number of aliphatic hydroxyl groups is 1. The lowest BCUT2D eigenvalue weighted by Crippen LogP contribution is -2.58. The molecule has 0 bridgehead atoms. The molecule has 34 heavy (non-hydrogen) atoms. The fourth-order valence-corrected chi connectivity index (χ4v) is 3.91. The van der Waals surface area contributed by atoms with Crippen molar-refractivity contribution in [3.63, 3.8) is 0 Å². The van der Waals surface area contributed by atoms with E-state index in [1.165, 1.54) is 23.5 Å². The molecule has 0 aliphatic heterocycles. The molecule has 0 aromatic heterocycles. The minimum absolute atomic E-state index is 0.132. The smallest absolute Gasteiger partial charge is 0.326 e. The summed E-state index contributed by atoms with van der Waals surface area (Å²) >= 11 is 2.94. The van der Waals surface area contributed by atoms with Gasteiger partial charge in [-0.25, -0.2) is 4.79 Å². The van der Waals surface area contributed by atoms with Crippen LogP contribution in [0.1, 0.15) is 18.4 Å². The van der Waals surface area contributed by atoms with E-state index in [0.29, 0.717) is 11.5 Å². The molecule has 190 valence electrons. The third-order valence-electron chi connectivity index (χ3n) is 4.92. The van der Waals surface area contributed by atoms with Crippen molar-refractivity contribution < 1.29 is 29.4 Å². The van der Waals surface area contributed by atoms with Crippen LogP contribution < -0.4 is 21.7 Å². The van der Waals surface area contributed by atoms with Crippen LogP contribution in [0, 0.1) is 0 Å². The van der Waals surface area contributed by atoms with E-state index < -0.39 is 54.5 Å². The summed E-state index contributed by atoms with van der Waals surface area (Å²) in [7, 11) is 0. The maximum Gasteiger partial charge on any atom is 0.326 e. The Morgan fingerprint density at radius 1 is 0.853 bits per heavy atom. The highest BCUT2D eigenvalue weighted by Crippen LogP contribution is 2.08. The van der Waals surface area contributed by atoms with Gasteiger partial charge in [-0.15, -0.1) is 0 Å². The van der Waals surface area contributed by atoms with Crippen LogP contribution >= 0.6 is 23.5 Å². The van der Waals surface area contributed by atoms with Crippen LogP contribution in [0.2, 0.25) is 0 Å². The highest BCUT2D eigenvalue weighted by Gasteiger charge is 2.30. The zero-order valence-corrected chi connectivity index (χ0v) is 21.0. The number of carboxylic acids is 1. The number of nitrogens with two attached hydrogens (primary N) is 1. The van der Waals surface area contributed by atoms with Crippen molar-refractivity contribution >= 4 is 47.2 Å². The van der Waals surface area contributed by atoms with Gasteiger partial charge >= 0.3 is 5.97 Å². The van der Waals surface area contributed by atoms with Crippen molar-refractivity contribution in [2.75, 3.05) is 30.6 Å². The monoisotopic (exact) mass is 514 g/mol. The van der Waals surface area contributed by atoms with E-state index in [4.69, 9.17) is 10.8 Å². The first-order valence-corrected chi connectivity index (χ1v) is 13.5. The van der Waals surface area contributed by atoms with Crippen LogP contribution in [-0.4, -0.2) is 88.7 Å². The molecule has 0 aliphatic rings. The molecule has 4 atom stereocenters. The summed E-state index contributed by atoms with van der Waals surface area (Å²) in [6, 6.07) is 4.68. The number of hydrogen-bond acceptors (Lipinski definition) is 8. The molecular weight excluding hydrogens is 480 g/mol. The molecule has 0 radical (unpaired) electrons. The Balaban J connectivity index is 3.06. The number of carboxylic acid groups (broad SMARTS) is 1. The van der Waals surface area contributed by atoms with E-state index in [-0.39, 0.29) is 19.3 Å². The predicted molar refractivity (Wildman–Crippen MR) is 135 cm³/mol. The van der Waals surface area contributed by atoms with Gasteiger partial charge < -0.3 is 31.9 Å². The van der Waals surface area contributed by atoms with Crippen molar-refractivity contribution in [2.45, 2.75) is 43.4 Å². The quantitative estimate of drug-likeness (QED) is 0.172. The van der Waals surface area contributed by atoms with E-state index in [1.54, 1.807) is 24.3 Å². The summed E-state index contributed by atoms with van der Waals surface area (Å²) in [4.78, 5) is 49.8. The van der Waals surface area contributed by atoms with E-state index in [2.05, 4.69) is 16.0 Å². The summed E-state index contributed by atoms with van der Waals surface area (Å²) in [6.07, 6.45) is 4.34. The van der Waals surface area contributed by atoms with Gasteiger partial charge in [0.05, 0.1) is 6.61 Å². The van der Waals surface area contributed by atoms with Gasteiger partial charge in [0.1, 0.15) is 24.2 Å². The summed E-state index contributed by atoms with van der Waals surface area (Å²) in [5.74, 6) is -1.97. The van der Waals surface area contributed by atoms with Crippen LogP contribution in [0.4, 0.5) is 0 Å². The molecule has 0 heterocycles. The second kappa shape index (κ2) is 16.4. The fraction of sp³-hybridized carbons (Fsp3) is 0.545. The largest absolute Gasteiger partial charge is 0.480 e. The van der Waals surface area contributed by atoms with E-state index >= 15 is 0 Å². The second-order valence-electron chi connectivity index (χ2n) is 7.56. The zero-order chi connectivity index (χ0) is 25.5. The molecule has 0 saturated carbocycles. The standard InChI is InChI=1S/C22H34N4O6S2/c1-33-10-8-16(24-19(28)15(23)13-27)20(29)26-18(12-14-6-4-3-5-7-14)21(30)25-17(22(31)32)9-11-34-2/h3-7,15-18,27H,8-13,23H2,1-2H3,(H,24,28)(H,25,30)(H,26,29)(H,31,32). The number of benzene rings is 1. The minimum Gasteiger partial charge on any atom is -0.480 e. The Morgan fingerprint density at radius 2 is 1.35 bits per heavy atom. The summed E-state index contributed by atoms with van der Waals surface area (Å²) in [5, 5.41) is 26.3. The first-order valence-electron chi connectivity index (χ1n) is 10.8. The highest BCUT2D eigenvalue weighted by atomic mass is 32.2. The maximum atomic E-state index is 13.1. The van der Waals surface area contributed by atoms with E-state index in [0.717, 1.165) is 5.56 Å². The molecule has 7 N–H and O–H groups in total. The first-order chi connectivity index (χ1) is 16.2. The molecule has 3 amide bonds. The maximum absolute atomic E-state index is 13.1. The van der Waals surface area contributed by atoms with E-state index in [9.17, 15) is 24.3 Å². The van der Waals surface area contributed by atoms with Crippen molar-refractivity contribution in [3.8, 4) is 0 Å². The molecule has 1 aromatic rings. The second-order valence-corrected chi connectivity index (χ2v) is 9.53. The van der Waals surface area contributed by atoms with Gasteiger partial charge in [0.2, 0.25) is 17.7 Å². The van der Waals surface area contributed by atoms with Gasteiger partial charge in [-0.3, -0.25) is 14.4 Å². The van der Waals surface area contributed by atoms with Gasteiger partial charge in [-0.1, -0.05) is 30.3 Å². The number of hydrogen-bond donors (Lipinski definition) is 6. The highest BCUT2D eigenvalue weighted by molar-refractivity contribution is 7.98. The van der Waals surface area contributed by atoms with Crippen LogP contribution in [0.25, 0.3) is 0 Å². The summed E-state index contributed by atoms with van der Waals surface area (Å²) < 4.78 is 0. The third-order valence-corrected chi connectivity index (χ3v) is 6.21. The normalized spacial score (nSPS) is 14.4. The zero-order valence-electron chi connectivity index (χ0n) is 19.4. The number of aliphatic hydroxyl groups excluding tert-OH is 1. The lowest BCUT2D eigenvalue weighted by atomic mass is 10.0. The Labute approximate surface area is 208 Å². The Morgan fingerprint density at radius 3 is 1.88 bits per heavy atom. The number of thioether (sulfide) groups is 2. The fourth-order valence-electron chi connectivity index (χ4n) is 2.96. The van der Waals surface area contributed by atoms with Crippen molar-refractivity contribution in [3.05, 3.63) is 35.9 Å². The SMILES string of the molecule is CSCCC(NC(=O)C(Cc1ccccc1)NC(=O)C(CCSC)NC(=O)C(N)CO)C(=O)O. The predicted octanol–water partition coefficient (Wildman–Crippen LogP) is -0.406. The molecule has 4 unspecified atom stereocenters. The van der Waals surface area contributed by atoms with Gasteiger partial charge in [-0.05, 0) is 42.4 Å². The number of carbonyl (C=O) groups is 4. The Bertz CT molecular complexity index is 799. The average Bonchev–Trinajstić information content (AvgIpc) is 2.83. The molecule has 1 aromatic carbocycles. The number of nitrogens with one attached hydrogen (secondary N) is 3. The molecule has 1 rings (SSSR count). The molecular formula is C22H34N4O6S2. The number of carbonyl (C=O) groups excluding carboxylic acids is 3. The molecule has 0 spiro atoms. The number of rotatable bonds is 16. The van der Waals surface area contributed by atoms with Crippen LogP contribution in [0.5, 0.6) is 0 Å². The van der Waals surface area contributed by atoms with E-state index in [1.807, 2.05) is 18.6 Å². The molecule has 0 aliphatic carbocycles. The summed E-state index contributed by atoms with van der Waals surface area (Å²) in [6.45, 7) is -0.575. The Hall–Kier alpha value is -2.28. The number of aliphatic carboxylic acids is 1. The number of amides is 3. The van der Waals surface area contributed by atoms with Crippen molar-refractivity contribution in [2.24, 2.45) is 5.73 Å². The van der Waals surface area contributed by atoms with Crippen LogP contribution in [-0.2, 0) is 25.6 Å². The lowest BCUT2D eigenvalue weighted by molar-refractivity contribution is -0.142. The summed E-state index contributed by atoms with van der Waals surface area (Å²) in [5.41, 5.74) is 6.32.